The van der Waals surface area contributed by atoms with Crippen LogP contribution < -0.4 is 5.63 Å². The number of nitrogens with zero attached hydrogens (tertiary/aromatic N) is 4. The molecule has 9 nitrogen and oxygen atoms in total. The minimum Gasteiger partial charge on any atom is -0.506 e. The van der Waals surface area contributed by atoms with E-state index in [1.54, 1.807) is 30.1 Å². The van der Waals surface area contributed by atoms with Gasteiger partial charge in [0.15, 0.2) is 18.2 Å². The lowest BCUT2D eigenvalue weighted by Crippen LogP contribution is -2.01. The number of aldehydes is 2. The average Bonchev–Trinajstić information content (AvgIpc) is 3.57. The Labute approximate surface area is 233 Å². The van der Waals surface area contributed by atoms with Gasteiger partial charge in [0.1, 0.15) is 17.1 Å². The van der Waals surface area contributed by atoms with Crippen LogP contribution >= 0.6 is 0 Å². The highest BCUT2D eigenvalue weighted by Gasteiger charge is 2.26. The molecule has 0 aliphatic rings. The van der Waals surface area contributed by atoms with Crippen LogP contribution in [0.15, 0.2) is 82.3 Å². The third-order valence-electron chi connectivity index (χ3n) is 6.98. The lowest BCUT2D eigenvalue weighted by molar-refractivity contribution is 0.111. The highest BCUT2D eigenvalue weighted by Crippen LogP contribution is 2.44. The second-order valence-electron chi connectivity index (χ2n) is 9.94. The number of phenols is 1. The van der Waals surface area contributed by atoms with Gasteiger partial charge in [-0.3, -0.25) is 9.59 Å². The second kappa shape index (κ2) is 9.87. The summed E-state index contributed by atoms with van der Waals surface area (Å²) in [6.07, 6.45) is 4.43. The zero-order valence-electron chi connectivity index (χ0n) is 22.5. The van der Waals surface area contributed by atoms with Crippen molar-refractivity contribution in [2.45, 2.75) is 20.8 Å². The van der Waals surface area contributed by atoms with Crippen LogP contribution in [-0.4, -0.2) is 37.2 Å². The van der Waals surface area contributed by atoms with Crippen molar-refractivity contribution >= 4 is 23.5 Å². The van der Waals surface area contributed by atoms with Gasteiger partial charge in [-0.15, -0.1) is 0 Å². The zero-order chi connectivity index (χ0) is 28.8. The van der Waals surface area contributed by atoms with E-state index < -0.39 is 5.63 Å². The molecule has 0 radical (unpaired) electrons. The van der Waals surface area contributed by atoms with Crippen LogP contribution in [0.25, 0.3) is 44.9 Å². The van der Waals surface area contributed by atoms with E-state index in [2.05, 4.69) is 10.2 Å². The van der Waals surface area contributed by atoms with Gasteiger partial charge in [0.05, 0.1) is 28.1 Å². The first-order valence-corrected chi connectivity index (χ1v) is 12.8. The standard InChI is InChI=1S/C32H24N4O5/c1-18-6-4-8-23(10-18)35-14-21(16-37)29(33-35)26-13-25-20(3)12-27(39)41-32(25)28(31(26)40)30-22(17-38)15-36(34-30)24-9-5-7-19(2)11-24/h4-17,40H,1-3H3. The number of carbonyl (C=O) groups is 2. The Kier molecular flexibility index (Phi) is 6.19. The van der Waals surface area contributed by atoms with Gasteiger partial charge in [-0.1, -0.05) is 24.3 Å². The first-order chi connectivity index (χ1) is 19.8. The van der Waals surface area contributed by atoms with E-state index in [0.29, 0.717) is 29.2 Å². The number of aryl methyl sites for hydroxylation is 3. The highest BCUT2D eigenvalue weighted by atomic mass is 16.4. The first kappa shape index (κ1) is 25.7. The first-order valence-electron chi connectivity index (χ1n) is 12.8. The molecule has 0 atom stereocenters. The Hall–Kier alpha value is -5.57. The molecule has 0 aliphatic carbocycles. The summed E-state index contributed by atoms with van der Waals surface area (Å²) >= 11 is 0. The summed E-state index contributed by atoms with van der Waals surface area (Å²) in [7, 11) is 0. The Morgan fingerprint density at radius 1 is 0.780 bits per heavy atom. The smallest absolute Gasteiger partial charge is 0.336 e. The number of aromatic nitrogens is 4. The molecule has 1 N–H and O–H groups in total. The molecule has 0 aliphatic heterocycles. The largest absolute Gasteiger partial charge is 0.506 e. The molecule has 0 amide bonds. The fourth-order valence-corrected chi connectivity index (χ4v) is 4.99. The number of rotatable bonds is 6. The Balaban J connectivity index is 1.66. The van der Waals surface area contributed by atoms with Crippen molar-refractivity contribution in [1.82, 2.24) is 19.6 Å². The van der Waals surface area contributed by atoms with Crippen molar-refractivity contribution in [3.05, 3.63) is 111 Å². The molecule has 6 aromatic rings. The van der Waals surface area contributed by atoms with Crippen LogP contribution in [0.5, 0.6) is 5.75 Å². The summed E-state index contributed by atoms with van der Waals surface area (Å²) in [5, 5.41) is 21.6. The van der Waals surface area contributed by atoms with Gasteiger partial charge >= 0.3 is 5.63 Å². The third kappa shape index (κ3) is 4.43. The molecule has 0 spiro atoms. The van der Waals surface area contributed by atoms with Crippen LogP contribution in [0.4, 0.5) is 0 Å². The number of phenolic OH excluding ortho intramolecular Hbond substituents is 1. The topological polar surface area (TPSA) is 120 Å². The highest BCUT2D eigenvalue weighted by molar-refractivity contribution is 6.05. The molecule has 41 heavy (non-hydrogen) atoms. The summed E-state index contributed by atoms with van der Waals surface area (Å²) in [5.41, 5.74) is 4.50. The van der Waals surface area contributed by atoms with Crippen molar-refractivity contribution in [2.75, 3.05) is 0 Å². The molecule has 0 fully saturated rings. The van der Waals surface area contributed by atoms with Crippen molar-refractivity contribution in [2.24, 2.45) is 0 Å². The lowest BCUT2D eigenvalue weighted by Gasteiger charge is -2.13. The molecular formula is C32H24N4O5. The number of hydrogen-bond acceptors (Lipinski definition) is 7. The number of hydrogen-bond donors (Lipinski definition) is 1. The number of benzene rings is 3. The van der Waals surface area contributed by atoms with Gasteiger partial charge < -0.3 is 9.52 Å². The van der Waals surface area contributed by atoms with E-state index in [4.69, 9.17) is 4.42 Å². The maximum atomic E-state index is 12.5. The van der Waals surface area contributed by atoms with Crippen LogP contribution in [0.3, 0.4) is 0 Å². The monoisotopic (exact) mass is 544 g/mol. The van der Waals surface area contributed by atoms with Gasteiger partial charge in [-0.05, 0) is 67.8 Å². The van der Waals surface area contributed by atoms with Crippen LogP contribution in [0, 0.1) is 20.8 Å². The quantitative estimate of drug-likeness (QED) is 0.209. The van der Waals surface area contributed by atoms with Crippen molar-refractivity contribution in [3.8, 4) is 39.6 Å². The molecule has 6 rings (SSSR count). The fourth-order valence-electron chi connectivity index (χ4n) is 4.99. The van der Waals surface area contributed by atoms with Crippen LogP contribution in [-0.2, 0) is 0 Å². The van der Waals surface area contributed by atoms with E-state index in [1.165, 1.54) is 10.7 Å². The van der Waals surface area contributed by atoms with Gasteiger partial charge in [0.25, 0.3) is 0 Å². The molecule has 0 saturated heterocycles. The predicted octanol–water partition coefficient (Wildman–Crippen LogP) is 5.75. The lowest BCUT2D eigenvalue weighted by atomic mass is 9.95. The third-order valence-corrected chi connectivity index (χ3v) is 6.98. The molecule has 9 heteroatoms. The number of fused-ring (bicyclic) bond motifs is 1. The fraction of sp³-hybridized carbons (Fsp3) is 0.0938. The molecule has 3 aromatic carbocycles. The molecule has 0 unspecified atom stereocenters. The SMILES string of the molecule is Cc1cccc(-n2cc(C=O)c(-c3cc4c(C)cc(=O)oc4c(-c4nn(-c5cccc(C)c5)cc4C=O)c3O)n2)c1. The van der Waals surface area contributed by atoms with E-state index >= 15 is 0 Å². The minimum absolute atomic E-state index is 0.0498. The number of carbonyl (C=O) groups excluding carboxylic acids is 2. The number of aromatic hydroxyl groups is 1. The van der Waals surface area contributed by atoms with Gasteiger partial charge in [-0.25, -0.2) is 14.2 Å². The molecule has 202 valence electrons. The van der Waals surface area contributed by atoms with E-state index in [1.807, 2.05) is 62.4 Å². The minimum atomic E-state index is -0.619. The maximum absolute atomic E-state index is 12.5. The van der Waals surface area contributed by atoms with E-state index in [9.17, 15) is 19.5 Å². The summed E-state index contributed by atoms with van der Waals surface area (Å²) in [6, 6.07) is 18.1. The van der Waals surface area contributed by atoms with Crippen molar-refractivity contribution in [3.63, 3.8) is 0 Å². The summed E-state index contributed by atoms with van der Waals surface area (Å²) < 4.78 is 8.70. The van der Waals surface area contributed by atoms with Crippen LogP contribution in [0.2, 0.25) is 0 Å². The van der Waals surface area contributed by atoms with Crippen molar-refractivity contribution < 1.29 is 19.1 Å². The predicted molar refractivity (Wildman–Crippen MR) is 154 cm³/mol. The zero-order valence-corrected chi connectivity index (χ0v) is 22.5. The Morgan fingerprint density at radius 3 is 1.90 bits per heavy atom. The maximum Gasteiger partial charge on any atom is 0.336 e. The molecule has 3 heterocycles. The normalized spacial score (nSPS) is 11.2. The average molecular weight is 545 g/mol. The molecular weight excluding hydrogens is 520 g/mol. The molecule has 3 aromatic heterocycles. The van der Waals surface area contributed by atoms with Crippen molar-refractivity contribution in [1.29, 1.82) is 0 Å². The van der Waals surface area contributed by atoms with Gasteiger partial charge in [-0.2, -0.15) is 10.2 Å². The Morgan fingerprint density at radius 2 is 1.34 bits per heavy atom. The molecule has 0 saturated carbocycles. The summed E-state index contributed by atoms with van der Waals surface area (Å²) in [4.78, 5) is 36.9. The van der Waals surface area contributed by atoms with Gasteiger partial charge in [0, 0.05) is 29.4 Å². The summed E-state index contributed by atoms with van der Waals surface area (Å²) in [6.45, 7) is 5.63. The van der Waals surface area contributed by atoms with E-state index in [0.717, 1.165) is 16.8 Å². The van der Waals surface area contributed by atoms with Crippen LogP contribution in [0.1, 0.15) is 37.4 Å². The molecule has 0 bridgehead atoms. The van der Waals surface area contributed by atoms with E-state index in [-0.39, 0.29) is 45.0 Å². The summed E-state index contributed by atoms with van der Waals surface area (Å²) in [5.74, 6) is -0.332. The Bertz CT molecular complexity index is 2070. The van der Waals surface area contributed by atoms with Gasteiger partial charge in [0.2, 0.25) is 0 Å². The second-order valence-corrected chi connectivity index (χ2v) is 9.94.